The van der Waals surface area contributed by atoms with E-state index in [0.29, 0.717) is 0 Å². The SMILES string of the molecule is Cc1ccc(C(NN)c2ccc(Br)cc2Br)cn1. The Labute approximate surface area is 123 Å². The van der Waals surface area contributed by atoms with Gasteiger partial charge in [-0.1, -0.05) is 44.0 Å². The number of hydrogen-bond acceptors (Lipinski definition) is 3. The fraction of sp³-hybridized carbons (Fsp3) is 0.154. The summed E-state index contributed by atoms with van der Waals surface area (Å²) in [5.74, 6) is 5.67. The summed E-state index contributed by atoms with van der Waals surface area (Å²) in [6.07, 6.45) is 1.84. The van der Waals surface area contributed by atoms with Crippen LogP contribution >= 0.6 is 31.9 Å². The minimum absolute atomic E-state index is 0.0828. The van der Waals surface area contributed by atoms with E-state index in [1.165, 1.54) is 0 Å². The first-order chi connectivity index (χ1) is 8.61. The average Bonchev–Trinajstić information content (AvgIpc) is 2.35. The van der Waals surface area contributed by atoms with Gasteiger partial charge in [0, 0.05) is 20.8 Å². The lowest BCUT2D eigenvalue weighted by atomic mass is 10.0. The van der Waals surface area contributed by atoms with E-state index in [0.717, 1.165) is 25.8 Å². The summed E-state index contributed by atoms with van der Waals surface area (Å²) in [6.45, 7) is 1.96. The number of aryl methyl sites for hydroxylation is 1. The van der Waals surface area contributed by atoms with Crippen molar-refractivity contribution >= 4 is 31.9 Å². The van der Waals surface area contributed by atoms with Crippen LogP contribution in [-0.4, -0.2) is 4.98 Å². The molecule has 3 N–H and O–H groups in total. The Hall–Kier alpha value is -0.750. The first kappa shape index (κ1) is 13.7. The molecule has 0 saturated heterocycles. The Morgan fingerprint density at radius 3 is 2.56 bits per heavy atom. The minimum Gasteiger partial charge on any atom is -0.271 e. The van der Waals surface area contributed by atoms with Crippen molar-refractivity contribution in [3.63, 3.8) is 0 Å². The van der Waals surface area contributed by atoms with E-state index in [2.05, 4.69) is 42.3 Å². The van der Waals surface area contributed by atoms with E-state index < -0.39 is 0 Å². The molecule has 2 rings (SSSR count). The number of nitrogens with zero attached hydrogens (tertiary/aromatic N) is 1. The zero-order valence-corrected chi connectivity index (χ0v) is 13.0. The molecule has 2 aromatic rings. The van der Waals surface area contributed by atoms with Crippen molar-refractivity contribution in [1.29, 1.82) is 0 Å². The Morgan fingerprint density at radius 2 is 2.00 bits per heavy atom. The standard InChI is InChI=1S/C13H13Br2N3/c1-8-2-3-9(7-17-8)13(18-16)11-5-4-10(14)6-12(11)15/h2-7,13,18H,16H2,1H3. The largest absolute Gasteiger partial charge is 0.271 e. The molecule has 5 heteroatoms. The Kier molecular flexibility index (Phi) is 4.50. The van der Waals surface area contributed by atoms with Crippen LogP contribution in [0.25, 0.3) is 0 Å². The van der Waals surface area contributed by atoms with Crippen LogP contribution in [0.15, 0.2) is 45.5 Å². The van der Waals surface area contributed by atoms with Gasteiger partial charge in [0.2, 0.25) is 0 Å². The molecular weight excluding hydrogens is 358 g/mol. The lowest BCUT2D eigenvalue weighted by molar-refractivity contribution is 0.632. The predicted molar refractivity (Wildman–Crippen MR) is 80.0 cm³/mol. The number of hydrogen-bond donors (Lipinski definition) is 2. The average molecular weight is 371 g/mol. The van der Waals surface area contributed by atoms with E-state index in [1.54, 1.807) is 0 Å². The number of benzene rings is 1. The Bertz CT molecular complexity index is 540. The summed E-state index contributed by atoms with van der Waals surface area (Å²) in [6, 6.07) is 9.94. The molecule has 1 atom stereocenters. The first-order valence-electron chi connectivity index (χ1n) is 5.45. The molecule has 0 fully saturated rings. The maximum atomic E-state index is 5.67. The van der Waals surface area contributed by atoms with Crippen LogP contribution in [0.4, 0.5) is 0 Å². The van der Waals surface area contributed by atoms with Gasteiger partial charge in [-0.05, 0) is 36.2 Å². The van der Waals surface area contributed by atoms with Gasteiger partial charge in [0.05, 0.1) is 6.04 Å². The minimum atomic E-state index is -0.0828. The Balaban J connectivity index is 2.41. The van der Waals surface area contributed by atoms with Gasteiger partial charge in [0.1, 0.15) is 0 Å². The normalized spacial score (nSPS) is 12.4. The molecule has 0 aliphatic rings. The molecule has 0 spiro atoms. The highest BCUT2D eigenvalue weighted by Gasteiger charge is 2.15. The van der Waals surface area contributed by atoms with Gasteiger partial charge in [-0.15, -0.1) is 0 Å². The van der Waals surface area contributed by atoms with Crippen LogP contribution in [0.2, 0.25) is 0 Å². The van der Waals surface area contributed by atoms with Crippen LogP contribution in [0, 0.1) is 6.92 Å². The third-order valence-corrected chi connectivity index (χ3v) is 3.89. The molecule has 0 radical (unpaired) electrons. The highest BCUT2D eigenvalue weighted by Crippen LogP contribution is 2.30. The van der Waals surface area contributed by atoms with Gasteiger partial charge in [0.15, 0.2) is 0 Å². The van der Waals surface area contributed by atoms with E-state index in [9.17, 15) is 0 Å². The van der Waals surface area contributed by atoms with Crippen LogP contribution in [0.3, 0.4) is 0 Å². The maximum absolute atomic E-state index is 5.67. The van der Waals surface area contributed by atoms with Gasteiger partial charge in [-0.3, -0.25) is 10.8 Å². The van der Waals surface area contributed by atoms with E-state index >= 15 is 0 Å². The van der Waals surface area contributed by atoms with Crippen molar-refractivity contribution in [2.75, 3.05) is 0 Å². The van der Waals surface area contributed by atoms with Gasteiger partial charge in [0.25, 0.3) is 0 Å². The lowest BCUT2D eigenvalue weighted by Crippen LogP contribution is -2.29. The number of halogens is 2. The first-order valence-corrected chi connectivity index (χ1v) is 7.04. The number of pyridine rings is 1. The third kappa shape index (κ3) is 2.98. The third-order valence-electron chi connectivity index (χ3n) is 2.71. The fourth-order valence-corrected chi connectivity index (χ4v) is 3.03. The molecule has 0 amide bonds. The van der Waals surface area contributed by atoms with E-state index in [4.69, 9.17) is 5.84 Å². The second kappa shape index (κ2) is 5.93. The monoisotopic (exact) mass is 369 g/mol. The van der Waals surface area contributed by atoms with Crippen LogP contribution in [-0.2, 0) is 0 Å². The summed E-state index contributed by atoms with van der Waals surface area (Å²) < 4.78 is 2.02. The van der Waals surface area contributed by atoms with Crippen LogP contribution in [0.1, 0.15) is 22.9 Å². The zero-order valence-electron chi connectivity index (χ0n) is 9.82. The highest BCUT2D eigenvalue weighted by atomic mass is 79.9. The molecular formula is C13H13Br2N3. The second-order valence-electron chi connectivity index (χ2n) is 4.00. The number of nitrogens with one attached hydrogen (secondary N) is 1. The molecule has 0 saturated carbocycles. The van der Waals surface area contributed by atoms with Gasteiger partial charge >= 0.3 is 0 Å². The van der Waals surface area contributed by atoms with Crippen LogP contribution < -0.4 is 11.3 Å². The molecule has 3 nitrogen and oxygen atoms in total. The number of hydrazine groups is 1. The van der Waals surface area contributed by atoms with Crippen molar-refractivity contribution < 1.29 is 0 Å². The Morgan fingerprint density at radius 1 is 1.22 bits per heavy atom. The molecule has 94 valence electrons. The summed E-state index contributed by atoms with van der Waals surface area (Å²) in [7, 11) is 0. The topological polar surface area (TPSA) is 50.9 Å². The quantitative estimate of drug-likeness (QED) is 0.642. The number of nitrogens with two attached hydrogens (primary N) is 1. The van der Waals surface area contributed by atoms with Crippen molar-refractivity contribution in [1.82, 2.24) is 10.4 Å². The van der Waals surface area contributed by atoms with Crippen molar-refractivity contribution in [2.24, 2.45) is 5.84 Å². The summed E-state index contributed by atoms with van der Waals surface area (Å²) in [5, 5.41) is 0. The molecule has 1 aromatic heterocycles. The van der Waals surface area contributed by atoms with Gasteiger partial charge in [-0.25, -0.2) is 5.43 Å². The van der Waals surface area contributed by atoms with Crippen molar-refractivity contribution in [3.8, 4) is 0 Å². The van der Waals surface area contributed by atoms with Crippen LogP contribution in [0.5, 0.6) is 0 Å². The number of aromatic nitrogens is 1. The van der Waals surface area contributed by atoms with Gasteiger partial charge < -0.3 is 0 Å². The second-order valence-corrected chi connectivity index (χ2v) is 5.77. The summed E-state index contributed by atoms with van der Waals surface area (Å²) >= 11 is 6.99. The van der Waals surface area contributed by atoms with Gasteiger partial charge in [-0.2, -0.15) is 0 Å². The molecule has 0 aliphatic carbocycles. The summed E-state index contributed by atoms with van der Waals surface area (Å²) in [4.78, 5) is 4.30. The van der Waals surface area contributed by atoms with Crippen molar-refractivity contribution in [2.45, 2.75) is 13.0 Å². The lowest BCUT2D eigenvalue weighted by Gasteiger charge is -2.18. The van der Waals surface area contributed by atoms with Crippen molar-refractivity contribution in [3.05, 3.63) is 62.3 Å². The predicted octanol–water partition coefficient (Wildman–Crippen LogP) is 3.47. The number of rotatable bonds is 3. The highest BCUT2D eigenvalue weighted by molar-refractivity contribution is 9.11. The van der Waals surface area contributed by atoms with E-state index in [-0.39, 0.29) is 6.04 Å². The summed E-state index contributed by atoms with van der Waals surface area (Å²) in [5.41, 5.74) is 5.93. The smallest absolute Gasteiger partial charge is 0.0735 e. The molecule has 0 aliphatic heterocycles. The molecule has 1 aromatic carbocycles. The van der Waals surface area contributed by atoms with E-state index in [1.807, 2.05) is 43.5 Å². The molecule has 18 heavy (non-hydrogen) atoms. The zero-order chi connectivity index (χ0) is 13.1. The maximum Gasteiger partial charge on any atom is 0.0735 e. The molecule has 0 bridgehead atoms. The fourth-order valence-electron chi connectivity index (χ4n) is 1.75. The molecule has 1 unspecified atom stereocenters. The molecule has 1 heterocycles.